The molecule has 31 heavy (non-hydrogen) atoms. The first-order valence-corrected chi connectivity index (χ1v) is 11.1. The van der Waals surface area contributed by atoms with Crippen molar-refractivity contribution in [3.8, 4) is 0 Å². The van der Waals surface area contributed by atoms with E-state index in [0.717, 1.165) is 53.6 Å². The van der Waals surface area contributed by atoms with Crippen LogP contribution in [0.25, 0.3) is 22.6 Å². The summed E-state index contributed by atoms with van der Waals surface area (Å²) in [6, 6.07) is 16.0. The van der Waals surface area contributed by atoms with Crippen molar-refractivity contribution in [2.45, 2.75) is 32.2 Å². The SMILES string of the molecule is CN1C(=O)/C(=C/c2cn(CC(=O)N3CCCCCC3)c3ccccc23)c2ccccc21. The Morgan fingerprint density at radius 1 is 0.968 bits per heavy atom. The van der Waals surface area contributed by atoms with E-state index in [-0.39, 0.29) is 11.8 Å². The average Bonchev–Trinajstić information content (AvgIpc) is 3.08. The number of anilines is 1. The van der Waals surface area contributed by atoms with E-state index in [1.807, 2.05) is 71.3 Å². The van der Waals surface area contributed by atoms with Crippen LogP contribution in [-0.4, -0.2) is 41.4 Å². The zero-order valence-electron chi connectivity index (χ0n) is 17.9. The zero-order valence-corrected chi connectivity index (χ0v) is 17.9. The molecule has 2 aliphatic rings. The minimum atomic E-state index is -0.00123. The zero-order chi connectivity index (χ0) is 21.4. The van der Waals surface area contributed by atoms with E-state index in [0.29, 0.717) is 12.1 Å². The molecule has 0 atom stereocenters. The number of rotatable bonds is 3. The molecule has 3 aromatic rings. The molecule has 1 aromatic heterocycles. The van der Waals surface area contributed by atoms with Crippen LogP contribution in [-0.2, 0) is 16.1 Å². The molecular formula is C26H27N3O2. The van der Waals surface area contributed by atoms with Crippen LogP contribution in [0.15, 0.2) is 54.7 Å². The second kappa shape index (κ2) is 8.06. The molecule has 2 amide bonds. The summed E-state index contributed by atoms with van der Waals surface area (Å²) in [5.74, 6) is 0.169. The highest BCUT2D eigenvalue weighted by Gasteiger charge is 2.29. The number of hydrogen-bond donors (Lipinski definition) is 0. The lowest BCUT2D eigenvalue weighted by molar-refractivity contribution is -0.131. The third kappa shape index (κ3) is 3.54. The summed E-state index contributed by atoms with van der Waals surface area (Å²) < 4.78 is 2.03. The number of hydrogen-bond acceptors (Lipinski definition) is 2. The number of nitrogens with zero attached hydrogens (tertiary/aromatic N) is 3. The number of fused-ring (bicyclic) bond motifs is 2. The predicted octanol–water partition coefficient (Wildman–Crippen LogP) is 4.56. The second-order valence-corrected chi connectivity index (χ2v) is 8.46. The quantitative estimate of drug-likeness (QED) is 0.591. The van der Waals surface area contributed by atoms with Gasteiger partial charge >= 0.3 is 0 Å². The first-order valence-electron chi connectivity index (χ1n) is 11.1. The van der Waals surface area contributed by atoms with Crippen molar-refractivity contribution in [3.63, 3.8) is 0 Å². The summed E-state index contributed by atoms with van der Waals surface area (Å²) in [4.78, 5) is 29.6. The predicted molar refractivity (Wildman–Crippen MR) is 125 cm³/mol. The van der Waals surface area contributed by atoms with E-state index in [1.165, 1.54) is 12.8 Å². The van der Waals surface area contributed by atoms with Crippen LogP contribution >= 0.6 is 0 Å². The van der Waals surface area contributed by atoms with Gasteiger partial charge in [0.15, 0.2) is 0 Å². The Bertz CT molecular complexity index is 1180. The summed E-state index contributed by atoms with van der Waals surface area (Å²) in [7, 11) is 1.81. The molecule has 0 N–H and O–H groups in total. The second-order valence-electron chi connectivity index (χ2n) is 8.46. The normalized spacial score (nSPS) is 18.0. The Morgan fingerprint density at radius 3 is 2.48 bits per heavy atom. The summed E-state index contributed by atoms with van der Waals surface area (Å²) in [5.41, 5.74) is 4.56. The fourth-order valence-corrected chi connectivity index (χ4v) is 4.78. The Labute approximate surface area is 182 Å². The van der Waals surface area contributed by atoms with Gasteiger partial charge in [0.25, 0.3) is 5.91 Å². The molecule has 0 bridgehead atoms. The highest BCUT2D eigenvalue weighted by atomic mass is 16.2. The fraction of sp³-hybridized carbons (Fsp3) is 0.308. The van der Waals surface area contributed by atoms with E-state index in [1.54, 1.807) is 4.90 Å². The number of benzene rings is 2. The maximum atomic E-state index is 13.0. The number of likely N-dealkylation sites (tertiary alicyclic amines) is 1. The topological polar surface area (TPSA) is 45.6 Å². The van der Waals surface area contributed by atoms with Crippen molar-refractivity contribution < 1.29 is 9.59 Å². The van der Waals surface area contributed by atoms with Crippen LogP contribution in [0.4, 0.5) is 5.69 Å². The Balaban J connectivity index is 1.52. The summed E-state index contributed by atoms with van der Waals surface area (Å²) in [5, 5.41) is 1.05. The van der Waals surface area contributed by atoms with E-state index in [2.05, 4.69) is 6.07 Å². The molecule has 5 heteroatoms. The van der Waals surface area contributed by atoms with Crippen molar-refractivity contribution >= 4 is 40.1 Å². The van der Waals surface area contributed by atoms with Crippen LogP contribution in [0, 0.1) is 0 Å². The monoisotopic (exact) mass is 413 g/mol. The fourth-order valence-electron chi connectivity index (χ4n) is 4.78. The van der Waals surface area contributed by atoms with Crippen LogP contribution in [0.2, 0.25) is 0 Å². The minimum absolute atomic E-state index is 0.00123. The Hall–Kier alpha value is -3.34. The highest BCUT2D eigenvalue weighted by molar-refractivity contribution is 6.36. The summed E-state index contributed by atoms with van der Waals surface area (Å²) in [6.45, 7) is 2.03. The van der Waals surface area contributed by atoms with E-state index in [4.69, 9.17) is 0 Å². The van der Waals surface area contributed by atoms with Gasteiger partial charge in [-0.05, 0) is 31.1 Å². The molecule has 0 unspecified atom stereocenters. The van der Waals surface area contributed by atoms with Crippen LogP contribution < -0.4 is 4.90 Å². The molecular weight excluding hydrogens is 386 g/mol. The molecule has 3 heterocycles. The standard InChI is InChI=1S/C26H27N3O2/c1-27-23-12-6-5-11-21(23)22(26(27)31)16-19-17-29(24-13-7-4-10-20(19)24)18-25(30)28-14-8-2-3-9-15-28/h4-7,10-13,16-17H,2-3,8-9,14-15,18H2,1H3/b22-16+. The number of carbonyl (C=O) groups excluding carboxylic acids is 2. The average molecular weight is 414 g/mol. The van der Waals surface area contributed by atoms with Gasteiger partial charge in [-0.15, -0.1) is 0 Å². The third-order valence-corrected chi connectivity index (χ3v) is 6.47. The van der Waals surface area contributed by atoms with E-state index in [9.17, 15) is 9.59 Å². The number of likely N-dealkylation sites (N-methyl/N-ethyl adjacent to an activating group) is 1. The number of amides is 2. The molecule has 1 saturated heterocycles. The molecule has 2 aromatic carbocycles. The summed E-state index contributed by atoms with van der Waals surface area (Å²) >= 11 is 0. The maximum Gasteiger partial charge on any atom is 0.258 e. The smallest absolute Gasteiger partial charge is 0.258 e. The number of para-hydroxylation sites is 2. The molecule has 5 nitrogen and oxygen atoms in total. The highest BCUT2D eigenvalue weighted by Crippen LogP contribution is 2.37. The lowest BCUT2D eigenvalue weighted by Crippen LogP contribution is -2.34. The van der Waals surface area contributed by atoms with Crippen molar-refractivity contribution in [2.75, 3.05) is 25.0 Å². The van der Waals surface area contributed by atoms with E-state index >= 15 is 0 Å². The van der Waals surface area contributed by atoms with Gasteiger partial charge in [-0.1, -0.05) is 49.2 Å². The lowest BCUT2D eigenvalue weighted by Gasteiger charge is -2.20. The van der Waals surface area contributed by atoms with Gasteiger partial charge in [-0.2, -0.15) is 0 Å². The first-order chi connectivity index (χ1) is 15.1. The van der Waals surface area contributed by atoms with E-state index < -0.39 is 0 Å². The minimum Gasteiger partial charge on any atom is -0.341 e. The largest absolute Gasteiger partial charge is 0.341 e. The van der Waals surface area contributed by atoms with Gasteiger partial charge in [0.05, 0.1) is 5.69 Å². The van der Waals surface area contributed by atoms with Crippen molar-refractivity contribution in [1.82, 2.24) is 9.47 Å². The van der Waals surface area contributed by atoms with Crippen LogP contribution in [0.1, 0.15) is 36.8 Å². The van der Waals surface area contributed by atoms with Crippen LogP contribution in [0.5, 0.6) is 0 Å². The van der Waals surface area contributed by atoms with Crippen molar-refractivity contribution in [2.24, 2.45) is 0 Å². The molecule has 0 spiro atoms. The molecule has 0 saturated carbocycles. The molecule has 2 aliphatic heterocycles. The van der Waals surface area contributed by atoms with Gasteiger partial charge in [-0.3, -0.25) is 9.59 Å². The van der Waals surface area contributed by atoms with Gasteiger partial charge in [0, 0.05) is 53.9 Å². The van der Waals surface area contributed by atoms with Gasteiger partial charge in [0.1, 0.15) is 6.54 Å². The molecule has 1 fully saturated rings. The van der Waals surface area contributed by atoms with Gasteiger partial charge < -0.3 is 14.4 Å². The maximum absolute atomic E-state index is 13.0. The summed E-state index contributed by atoms with van der Waals surface area (Å²) in [6.07, 6.45) is 8.58. The molecule has 158 valence electrons. The number of carbonyl (C=O) groups is 2. The molecule has 5 rings (SSSR count). The molecule has 0 aliphatic carbocycles. The van der Waals surface area contributed by atoms with Crippen LogP contribution in [0.3, 0.4) is 0 Å². The van der Waals surface area contributed by atoms with Gasteiger partial charge in [0.2, 0.25) is 5.91 Å². The Kier molecular flexibility index (Phi) is 5.10. The van der Waals surface area contributed by atoms with Crippen molar-refractivity contribution in [1.29, 1.82) is 0 Å². The number of aromatic nitrogens is 1. The Morgan fingerprint density at radius 2 is 1.68 bits per heavy atom. The molecule has 0 radical (unpaired) electrons. The lowest BCUT2D eigenvalue weighted by atomic mass is 10.0. The third-order valence-electron chi connectivity index (χ3n) is 6.47. The first kappa shape index (κ1) is 19.6. The van der Waals surface area contributed by atoms with Crippen molar-refractivity contribution in [3.05, 3.63) is 65.9 Å². The van der Waals surface area contributed by atoms with Gasteiger partial charge in [-0.25, -0.2) is 0 Å².